The van der Waals surface area contributed by atoms with Crippen molar-refractivity contribution in [3.8, 4) is 0 Å². The Morgan fingerprint density at radius 2 is 2.29 bits per heavy atom. The Bertz CT molecular complexity index is 40.7. The summed E-state index contributed by atoms with van der Waals surface area (Å²) in [7, 11) is 1.72. The predicted molar refractivity (Wildman–Crippen MR) is 27.0 cm³/mol. The summed E-state index contributed by atoms with van der Waals surface area (Å²) in [5.41, 5.74) is 0. The van der Waals surface area contributed by atoms with Crippen molar-refractivity contribution >= 4 is 0 Å². The minimum Gasteiger partial charge on any atom is -0.394 e. The molecule has 7 heavy (non-hydrogen) atoms. The molecule has 1 atom stereocenters. The fraction of sp³-hybridized carbons (Fsp3) is 1.00. The van der Waals surface area contributed by atoms with Crippen LogP contribution in [0.15, 0.2) is 0 Å². The molecule has 0 heterocycles. The number of aliphatic hydroxyl groups excluding tert-OH is 2. The lowest BCUT2D eigenvalue weighted by atomic mass is 10.4. The van der Waals surface area contributed by atoms with Crippen LogP contribution in [0.2, 0.25) is 0 Å². The van der Waals surface area contributed by atoms with Crippen molar-refractivity contribution in [2.24, 2.45) is 0 Å². The lowest BCUT2D eigenvalue weighted by Gasteiger charge is -2.02. The molecule has 3 nitrogen and oxygen atoms in total. The second-order valence-corrected chi connectivity index (χ2v) is 1.39. The zero-order valence-electron chi connectivity index (χ0n) is 4.39. The molecule has 0 aromatic heterocycles. The van der Waals surface area contributed by atoms with Crippen molar-refractivity contribution in [3.63, 3.8) is 0 Å². The van der Waals surface area contributed by atoms with E-state index in [0.29, 0.717) is 6.54 Å². The van der Waals surface area contributed by atoms with Crippen LogP contribution in [0.5, 0.6) is 0 Å². The highest BCUT2D eigenvalue weighted by molar-refractivity contribution is 4.51. The van der Waals surface area contributed by atoms with Crippen molar-refractivity contribution in [3.05, 3.63) is 0 Å². The summed E-state index contributed by atoms with van der Waals surface area (Å²) in [6.45, 7) is 0.289. The fourth-order valence-electron chi connectivity index (χ4n) is 0.300. The summed E-state index contributed by atoms with van der Waals surface area (Å²) >= 11 is 0. The third kappa shape index (κ3) is 3.72. The summed E-state index contributed by atoms with van der Waals surface area (Å²) in [6, 6.07) is 0. The summed E-state index contributed by atoms with van der Waals surface area (Å²) in [5.74, 6) is 0. The molecule has 0 aliphatic rings. The predicted octanol–water partition coefficient (Wildman–Crippen LogP) is -1.44. The molecule has 0 aromatic rings. The van der Waals surface area contributed by atoms with Gasteiger partial charge in [0.15, 0.2) is 0 Å². The SMILES string of the molecule is CNC[C@@H](O)CO. The first-order valence-electron chi connectivity index (χ1n) is 2.24. The normalized spacial score (nSPS) is 14.1. The summed E-state index contributed by atoms with van der Waals surface area (Å²) in [5, 5.41) is 19.4. The second kappa shape index (κ2) is 4.05. The number of rotatable bonds is 3. The molecular formula is C4H11NO2. The van der Waals surface area contributed by atoms with Crippen LogP contribution in [0.4, 0.5) is 0 Å². The van der Waals surface area contributed by atoms with E-state index < -0.39 is 6.10 Å². The highest BCUT2D eigenvalue weighted by atomic mass is 16.3. The maximum atomic E-state index is 8.55. The second-order valence-electron chi connectivity index (χ2n) is 1.39. The van der Waals surface area contributed by atoms with Crippen LogP contribution in [0.25, 0.3) is 0 Å². The van der Waals surface area contributed by atoms with Gasteiger partial charge in [0.05, 0.1) is 12.7 Å². The van der Waals surface area contributed by atoms with Crippen LogP contribution >= 0.6 is 0 Å². The minimum absolute atomic E-state index is 0.166. The first kappa shape index (κ1) is 6.88. The van der Waals surface area contributed by atoms with E-state index in [4.69, 9.17) is 10.2 Å². The molecule has 0 rings (SSSR count). The molecule has 0 spiro atoms. The van der Waals surface area contributed by atoms with Crippen LogP contribution < -0.4 is 5.32 Å². The molecule has 0 saturated heterocycles. The Balaban J connectivity index is 2.83. The fourth-order valence-corrected chi connectivity index (χ4v) is 0.300. The molecular weight excluding hydrogens is 94.0 g/mol. The van der Waals surface area contributed by atoms with Crippen molar-refractivity contribution in [1.29, 1.82) is 0 Å². The molecule has 0 aliphatic heterocycles. The molecule has 3 N–H and O–H groups in total. The highest BCUT2D eigenvalue weighted by Crippen LogP contribution is 1.72. The van der Waals surface area contributed by atoms with Gasteiger partial charge in [-0.25, -0.2) is 0 Å². The zero-order valence-corrected chi connectivity index (χ0v) is 4.39. The summed E-state index contributed by atoms with van der Waals surface area (Å²) in [4.78, 5) is 0. The molecule has 0 saturated carbocycles. The first-order chi connectivity index (χ1) is 3.31. The van der Waals surface area contributed by atoms with Gasteiger partial charge in [0.2, 0.25) is 0 Å². The molecule has 3 heteroatoms. The molecule has 44 valence electrons. The van der Waals surface area contributed by atoms with Gasteiger partial charge in [0.25, 0.3) is 0 Å². The number of aliphatic hydroxyl groups is 2. The first-order valence-corrected chi connectivity index (χ1v) is 2.24. The van der Waals surface area contributed by atoms with Gasteiger partial charge in [-0.3, -0.25) is 0 Å². The average molecular weight is 105 g/mol. The van der Waals surface area contributed by atoms with Gasteiger partial charge in [0, 0.05) is 6.54 Å². The van der Waals surface area contributed by atoms with Crippen LogP contribution in [0, 0.1) is 0 Å². The van der Waals surface area contributed by atoms with E-state index in [9.17, 15) is 0 Å². The topological polar surface area (TPSA) is 52.5 Å². The minimum atomic E-state index is -0.606. The third-order valence-electron chi connectivity index (χ3n) is 0.650. The van der Waals surface area contributed by atoms with E-state index in [0.717, 1.165) is 0 Å². The Kier molecular flexibility index (Phi) is 3.98. The van der Waals surface area contributed by atoms with Gasteiger partial charge in [0.1, 0.15) is 0 Å². The van der Waals surface area contributed by atoms with Crippen molar-refractivity contribution in [1.82, 2.24) is 5.32 Å². The van der Waals surface area contributed by atoms with Crippen LogP contribution in [-0.4, -0.2) is 36.5 Å². The van der Waals surface area contributed by atoms with Gasteiger partial charge in [-0.1, -0.05) is 0 Å². The molecule has 0 bridgehead atoms. The largest absolute Gasteiger partial charge is 0.394 e. The van der Waals surface area contributed by atoms with Gasteiger partial charge in [-0.05, 0) is 7.05 Å². The molecule has 0 aromatic carbocycles. The van der Waals surface area contributed by atoms with E-state index >= 15 is 0 Å². The van der Waals surface area contributed by atoms with Crippen molar-refractivity contribution in [2.75, 3.05) is 20.2 Å². The van der Waals surface area contributed by atoms with Gasteiger partial charge < -0.3 is 15.5 Å². The summed E-state index contributed by atoms with van der Waals surface area (Å²) in [6.07, 6.45) is -0.606. The van der Waals surface area contributed by atoms with Crippen LogP contribution in [0.1, 0.15) is 0 Å². The Morgan fingerprint density at radius 1 is 1.71 bits per heavy atom. The molecule has 0 unspecified atom stereocenters. The van der Waals surface area contributed by atoms with Crippen LogP contribution in [-0.2, 0) is 0 Å². The highest BCUT2D eigenvalue weighted by Gasteiger charge is 1.95. The van der Waals surface area contributed by atoms with Gasteiger partial charge in [-0.15, -0.1) is 0 Å². The maximum absolute atomic E-state index is 8.55. The van der Waals surface area contributed by atoms with Gasteiger partial charge in [-0.2, -0.15) is 0 Å². The Morgan fingerprint density at radius 3 is 2.43 bits per heavy atom. The van der Waals surface area contributed by atoms with Gasteiger partial charge >= 0.3 is 0 Å². The Hall–Kier alpha value is -0.120. The average Bonchev–Trinajstić information content (AvgIpc) is 1.68. The summed E-state index contributed by atoms with van der Waals surface area (Å²) < 4.78 is 0. The van der Waals surface area contributed by atoms with E-state index in [1.165, 1.54) is 0 Å². The standard InChI is InChI=1S/C4H11NO2/c1-5-2-4(7)3-6/h4-7H,2-3H2,1H3/t4-/m1/s1. The number of nitrogens with one attached hydrogen (secondary N) is 1. The van der Waals surface area contributed by atoms with E-state index in [2.05, 4.69) is 5.32 Å². The lowest BCUT2D eigenvalue weighted by Crippen LogP contribution is -2.26. The molecule has 0 fully saturated rings. The molecule has 0 radical (unpaired) electrons. The molecule has 0 amide bonds. The maximum Gasteiger partial charge on any atom is 0.0894 e. The smallest absolute Gasteiger partial charge is 0.0894 e. The van der Waals surface area contributed by atoms with Crippen molar-refractivity contribution in [2.45, 2.75) is 6.10 Å². The third-order valence-corrected chi connectivity index (χ3v) is 0.650. The lowest BCUT2D eigenvalue weighted by molar-refractivity contribution is 0.0961. The number of likely N-dealkylation sites (N-methyl/N-ethyl adjacent to an activating group) is 1. The van der Waals surface area contributed by atoms with E-state index in [-0.39, 0.29) is 6.61 Å². The van der Waals surface area contributed by atoms with Crippen molar-refractivity contribution < 1.29 is 10.2 Å². The van der Waals surface area contributed by atoms with Crippen LogP contribution in [0.3, 0.4) is 0 Å². The quantitative estimate of drug-likeness (QED) is 0.412. The zero-order chi connectivity index (χ0) is 5.70. The van der Waals surface area contributed by atoms with E-state index in [1.807, 2.05) is 0 Å². The number of hydrogen-bond acceptors (Lipinski definition) is 3. The van der Waals surface area contributed by atoms with E-state index in [1.54, 1.807) is 7.05 Å². The Labute approximate surface area is 43.0 Å². The monoisotopic (exact) mass is 105 g/mol. The molecule has 0 aliphatic carbocycles. The number of hydrogen-bond donors (Lipinski definition) is 3.